The normalized spacial score (nSPS) is 10.5. The van der Waals surface area contributed by atoms with E-state index in [2.05, 4.69) is 17.2 Å². The lowest BCUT2D eigenvalue weighted by Gasteiger charge is -2.22. The molecule has 2 aromatic carbocycles. The van der Waals surface area contributed by atoms with E-state index in [9.17, 15) is 14.7 Å². The first-order valence-electron chi connectivity index (χ1n) is 9.65. The van der Waals surface area contributed by atoms with E-state index in [1.807, 2.05) is 60.7 Å². The summed E-state index contributed by atoms with van der Waals surface area (Å²) < 4.78 is 0. The molecule has 6 heteroatoms. The van der Waals surface area contributed by atoms with Crippen LogP contribution in [0.2, 0.25) is 0 Å². The van der Waals surface area contributed by atoms with Gasteiger partial charge >= 0.3 is 5.97 Å². The van der Waals surface area contributed by atoms with Crippen molar-refractivity contribution in [1.82, 2.24) is 4.98 Å². The zero-order chi connectivity index (χ0) is 20.6. The van der Waals surface area contributed by atoms with Gasteiger partial charge in [-0.2, -0.15) is 0 Å². The molecule has 1 heterocycles. The predicted octanol–water partition coefficient (Wildman–Crippen LogP) is 3.96. The number of pyridine rings is 1. The summed E-state index contributed by atoms with van der Waals surface area (Å²) in [6.45, 7) is 3.02. The Morgan fingerprint density at radius 3 is 2.55 bits per heavy atom. The highest BCUT2D eigenvalue weighted by Gasteiger charge is 2.13. The Bertz CT molecular complexity index is 1020. The standard InChI is InChI=1S/C23H25N3O3/c1-2-13-24-19-8-6-7-17(14-19)21-12-11-18(23(29)25-21)15-26(16-22(27)28)20-9-4-3-5-10-20/h3-12,14,24H,2,13,15-16H2,1H3,(H,25,29)(H,27,28). The Morgan fingerprint density at radius 1 is 1.07 bits per heavy atom. The van der Waals surface area contributed by atoms with Gasteiger partial charge in [0.2, 0.25) is 0 Å². The molecule has 0 atom stereocenters. The lowest BCUT2D eigenvalue weighted by atomic mass is 10.1. The van der Waals surface area contributed by atoms with Crippen LogP contribution in [0.1, 0.15) is 18.9 Å². The number of aliphatic carboxylic acids is 1. The second-order valence-electron chi connectivity index (χ2n) is 6.82. The molecule has 0 amide bonds. The molecule has 150 valence electrons. The second kappa shape index (κ2) is 9.59. The molecule has 3 N–H and O–H groups in total. The third-order valence-electron chi connectivity index (χ3n) is 4.55. The molecule has 0 fully saturated rings. The molecule has 0 aliphatic carbocycles. The summed E-state index contributed by atoms with van der Waals surface area (Å²) in [5.74, 6) is -0.946. The number of anilines is 2. The van der Waals surface area contributed by atoms with Crippen molar-refractivity contribution in [2.45, 2.75) is 19.9 Å². The Morgan fingerprint density at radius 2 is 1.86 bits per heavy atom. The minimum atomic E-state index is -0.946. The van der Waals surface area contributed by atoms with Crippen molar-refractivity contribution in [1.29, 1.82) is 0 Å². The van der Waals surface area contributed by atoms with Crippen LogP contribution in [0.3, 0.4) is 0 Å². The van der Waals surface area contributed by atoms with Gasteiger partial charge in [-0.3, -0.25) is 9.59 Å². The first-order valence-corrected chi connectivity index (χ1v) is 9.65. The van der Waals surface area contributed by atoms with Gasteiger partial charge in [0.05, 0.1) is 0 Å². The van der Waals surface area contributed by atoms with E-state index in [-0.39, 0.29) is 18.6 Å². The lowest BCUT2D eigenvalue weighted by Crippen LogP contribution is -2.31. The van der Waals surface area contributed by atoms with Crippen LogP contribution < -0.4 is 15.8 Å². The van der Waals surface area contributed by atoms with Crippen LogP contribution in [0.15, 0.2) is 71.5 Å². The molecule has 3 aromatic rings. The van der Waals surface area contributed by atoms with E-state index < -0.39 is 5.97 Å². The fourth-order valence-electron chi connectivity index (χ4n) is 3.11. The number of carbonyl (C=O) groups is 1. The number of nitrogens with zero attached hydrogens (tertiary/aromatic N) is 1. The van der Waals surface area contributed by atoms with Gasteiger partial charge in [-0.15, -0.1) is 0 Å². The van der Waals surface area contributed by atoms with Crippen molar-refractivity contribution < 1.29 is 9.90 Å². The number of para-hydroxylation sites is 1. The summed E-state index contributed by atoms with van der Waals surface area (Å²) in [7, 11) is 0. The van der Waals surface area contributed by atoms with Gasteiger partial charge in [0.15, 0.2) is 0 Å². The first-order chi connectivity index (χ1) is 14.1. The number of H-pyrrole nitrogens is 1. The number of hydrogen-bond donors (Lipinski definition) is 3. The van der Waals surface area contributed by atoms with Gasteiger partial charge in [0.1, 0.15) is 6.54 Å². The van der Waals surface area contributed by atoms with Crippen molar-refractivity contribution >= 4 is 17.3 Å². The fourth-order valence-corrected chi connectivity index (χ4v) is 3.11. The molecule has 0 bridgehead atoms. The van der Waals surface area contributed by atoms with Gasteiger partial charge in [-0.1, -0.05) is 37.3 Å². The minimum Gasteiger partial charge on any atom is -0.480 e. The topological polar surface area (TPSA) is 85.4 Å². The van der Waals surface area contributed by atoms with Crippen molar-refractivity contribution in [2.24, 2.45) is 0 Å². The molecule has 6 nitrogen and oxygen atoms in total. The number of carboxylic acid groups (broad SMARTS) is 1. The smallest absolute Gasteiger partial charge is 0.323 e. The van der Waals surface area contributed by atoms with Crippen LogP contribution >= 0.6 is 0 Å². The molecular formula is C23H25N3O3. The second-order valence-corrected chi connectivity index (χ2v) is 6.82. The molecule has 0 spiro atoms. The molecule has 0 saturated heterocycles. The summed E-state index contributed by atoms with van der Waals surface area (Å²) in [6.07, 6.45) is 1.03. The maximum Gasteiger partial charge on any atom is 0.323 e. The molecule has 29 heavy (non-hydrogen) atoms. The Kier molecular flexibility index (Phi) is 6.68. The average Bonchev–Trinajstić information content (AvgIpc) is 2.73. The predicted molar refractivity (Wildman–Crippen MR) is 116 cm³/mol. The molecule has 0 radical (unpaired) electrons. The third-order valence-corrected chi connectivity index (χ3v) is 4.55. The summed E-state index contributed by atoms with van der Waals surface area (Å²) in [6, 6.07) is 20.7. The van der Waals surface area contributed by atoms with Gasteiger partial charge in [-0.25, -0.2) is 0 Å². The quantitative estimate of drug-likeness (QED) is 0.514. The van der Waals surface area contributed by atoms with Crippen molar-refractivity contribution in [3.8, 4) is 11.3 Å². The molecule has 1 aromatic heterocycles. The largest absolute Gasteiger partial charge is 0.480 e. The zero-order valence-corrected chi connectivity index (χ0v) is 16.4. The van der Waals surface area contributed by atoms with Crippen molar-refractivity contribution in [3.05, 3.63) is 82.6 Å². The summed E-state index contributed by atoms with van der Waals surface area (Å²) >= 11 is 0. The molecular weight excluding hydrogens is 366 g/mol. The molecule has 0 saturated carbocycles. The van der Waals surface area contributed by atoms with Gasteiger partial charge in [0.25, 0.3) is 5.56 Å². The van der Waals surface area contributed by atoms with Crippen LogP contribution in [-0.2, 0) is 11.3 Å². The highest BCUT2D eigenvalue weighted by Crippen LogP contribution is 2.21. The van der Waals surface area contributed by atoms with Gasteiger partial charge in [0, 0.05) is 41.3 Å². The Balaban J connectivity index is 1.83. The SMILES string of the molecule is CCCNc1cccc(-c2ccc(CN(CC(=O)O)c3ccccc3)c(=O)[nH]2)c1. The number of rotatable bonds is 9. The molecule has 0 unspecified atom stereocenters. The first kappa shape index (κ1) is 20.2. The fraction of sp³-hybridized carbons (Fsp3) is 0.217. The highest BCUT2D eigenvalue weighted by molar-refractivity contribution is 5.73. The van der Waals surface area contributed by atoms with E-state index in [0.717, 1.165) is 35.6 Å². The van der Waals surface area contributed by atoms with E-state index in [0.29, 0.717) is 5.56 Å². The Hall–Kier alpha value is -3.54. The molecule has 0 aliphatic heterocycles. The van der Waals surface area contributed by atoms with Crippen LogP contribution in [-0.4, -0.2) is 29.1 Å². The number of carboxylic acids is 1. The number of hydrogen-bond acceptors (Lipinski definition) is 4. The van der Waals surface area contributed by atoms with Crippen molar-refractivity contribution in [2.75, 3.05) is 23.3 Å². The lowest BCUT2D eigenvalue weighted by molar-refractivity contribution is -0.135. The zero-order valence-electron chi connectivity index (χ0n) is 16.4. The van der Waals surface area contributed by atoms with E-state index in [1.165, 1.54) is 0 Å². The van der Waals surface area contributed by atoms with Gasteiger partial charge < -0.3 is 20.3 Å². The monoisotopic (exact) mass is 391 g/mol. The molecule has 3 rings (SSSR count). The summed E-state index contributed by atoms with van der Waals surface area (Å²) in [5.41, 5.74) is 3.70. The molecule has 0 aliphatic rings. The van der Waals surface area contributed by atoms with Crippen molar-refractivity contribution in [3.63, 3.8) is 0 Å². The van der Waals surface area contributed by atoms with E-state index in [4.69, 9.17) is 0 Å². The van der Waals surface area contributed by atoms with Crippen LogP contribution in [0, 0.1) is 0 Å². The minimum absolute atomic E-state index is 0.184. The van der Waals surface area contributed by atoms with Crippen LogP contribution in [0.4, 0.5) is 11.4 Å². The van der Waals surface area contributed by atoms with E-state index >= 15 is 0 Å². The number of aromatic amines is 1. The van der Waals surface area contributed by atoms with E-state index in [1.54, 1.807) is 11.0 Å². The summed E-state index contributed by atoms with van der Waals surface area (Å²) in [4.78, 5) is 28.5. The third kappa shape index (κ3) is 5.48. The number of nitrogens with one attached hydrogen (secondary N) is 2. The van der Waals surface area contributed by atoms with Crippen LogP contribution in [0.25, 0.3) is 11.3 Å². The maximum atomic E-state index is 12.7. The highest BCUT2D eigenvalue weighted by atomic mass is 16.4. The van der Waals surface area contributed by atoms with Crippen LogP contribution in [0.5, 0.6) is 0 Å². The average molecular weight is 391 g/mol. The maximum absolute atomic E-state index is 12.7. The summed E-state index contributed by atoms with van der Waals surface area (Å²) in [5, 5.41) is 12.6. The Labute approximate surface area is 169 Å². The number of aromatic nitrogens is 1. The van der Waals surface area contributed by atoms with Gasteiger partial charge in [-0.05, 0) is 42.8 Å². The number of benzene rings is 2.